The topological polar surface area (TPSA) is 64.7 Å². The van der Waals surface area contributed by atoms with Gasteiger partial charge in [0.15, 0.2) is 11.6 Å². The second-order valence-corrected chi connectivity index (χ2v) is 4.18. The maximum Gasteiger partial charge on any atom is 0.168 e. The first-order valence-corrected chi connectivity index (χ1v) is 5.75. The summed E-state index contributed by atoms with van der Waals surface area (Å²) in [5.74, 6) is -1.84. The minimum Gasteiger partial charge on any atom is -0.487 e. The van der Waals surface area contributed by atoms with Crippen LogP contribution in [0.5, 0.6) is 5.75 Å². The molecule has 1 saturated heterocycles. The van der Waals surface area contributed by atoms with E-state index in [1.807, 2.05) is 0 Å². The van der Waals surface area contributed by atoms with Crippen molar-refractivity contribution >= 4 is 0 Å². The molecule has 1 aliphatic rings. The molecule has 1 fully saturated rings. The predicted octanol–water partition coefficient (Wildman–Crippen LogP) is 1.47. The highest BCUT2D eigenvalue weighted by molar-refractivity contribution is 5.37. The van der Waals surface area contributed by atoms with Crippen LogP contribution in [0.15, 0.2) is 12.1 Å². The van der Waals surface area contributed by atoms with Gasteiger partial charge in [-0.25, -0.2) is 8.78 Å². The highest BCUT2D eigenvalue weighted by Crippen LogP contribution is 2.30. The van der Waals surface area contributed by atoms with E-state index in [4.69, 9.17) is 15.2 Å². The van der Waals surface area contributed by atoms with Gasteiger partial charge in [-0.05, 0) is 6.07 Å². The van der Waals surface area contributed by atoms with Crippen LogP contribution in [0.1, 0.15) is 24.6 Å². The molecule has 1 aliphatic heterocycles. The molecule has 100 valence electrons. The number of hydrogen-bond donors (Lipinski definition) is 2. The molecule has 0 bridgehead atoms. The van der Waals surface area contributed by atoms with E-state index in [0.717, 1.165) is 6.07 Å². The highest BCUT2D eigenvalue weighted by atomic mass is 19.1. The summed E-state index contributed by atoms with van der Waals surface area (Å²) in [5.41, 5.74) is 5.19. The van der Waals surface area contributed by atoms with Gasteiger partial charge in [-0.1, -0.05) is 0 Å². The first kappa shape index (κ1) is 13.2. The van der Waals surface area contributed by atoms with Gasteiger partial charge in [-0.15, -0.1) is 0 Å². The van der Waals surface area contributed by atoms with Crippen LogP contribution in [0.2, 0.25) is 0 Å². The number of benzene rings is 1. The van der Waals surface area contributed by atoms with Crippen molar-refractivity contribution in [3.8, 4) is 5.75 Å². The Kier molecular flexibility index (Phi) is 4.11. The molecule has 4 nitrogen and oxygen atoms in total. The summed E-state index contributed by atoms with van der Waals surface area (Å²) in [6, 6.07) is 1.68. The van der Waals surface area contributed by atoms with Gasteiger partial charge in [0, 0.05) is 24.5 Å². The van der Waals surface area contributed by atoms with Crippen molar-refractivity contribution in [1.29, 1.82) is 0 Å². The lowest BCUT2D eigenvalue weighted by atomic mass is 10.1. The number of aliphatic hydroxyl groups is 1. The van der Waals surface area contributed by atoms with Crippen molar-refractivity contribution < 1.29 is 23.4 Å². The number of nitrogens with two attached hydrogens (primary N) is 1. The van der Waals surface area contributed by atoms with Gasteiger partial charge in [0.25, 0.3) is 0 Å². The van der Waals surface area contributed by atoms with E-state index in [0.29, 0.717) is 32.1 Å². The molecule has 1 aromatic rings. The second kappa shape index (κ2) is 5.60. The normalized spacial score (nSPS) is 18.7. The van der Waals surface area contributed by atoms with Crippen LogP contribution in [0.4, 0.5) is 8.78 Å². The first-order chi connectivity index (χ1) is 8.58. The van der Waals surface area contributed by atoms with Crippen LogP contribution < -0.4 is 10.5 Å². The Hall–Kier alpha value is -1.24. The fourth-order valence-electron chi connectivity index (χ4n) is 1.88. The molecule has 0 saturated carbocycles. The fraction of sp³-hybridized carbons (Fsp3) is 0.500. The summed E-state index contributed by atoms with van der Waals surface area (Å²) >= 11 is 0. The van der Waals surface area contributed by atoms with Gasteiger partial charge in [-0.2, -0.15) is 0 Å². The number of rotatable bonds is 3. The van der Waals surface area contributed by atoms with E-state index in [-0.39, 0.29) is 17.4 Å². The molecule has 0 spiro atoms. The lowest BCUT2D eigenvalue weighted by Gasteiger charge is -2.25. The average molecular weight is 259 g/mol. The Balaban J connectivity index is 2.24. The van der Waals surface area contributed by atoms with Crippen molar-refractivity contribution in [3.05, 3.63) is 29.3 Å². The van der Waals surface area contributed by atoms with E-state index >= 15 is 0 Å². The number of halogens is 2. The van der Waals surface area contributed by atoms with E-state index in [2.05, 4.69) is 0 Å². The maximum absolute atomic E-state index is 13.7. The van der Waals surface area contributed by atoms with Crippen LogP contribution in [0.3, 0.4) is 0 Å². The van der Waals surface area contributed by atoms with E-state index < -0.39 is 17.9 Å². The molecule has 18 heavy (non-hydrogen) atoms. The molecule has 3 N–H and O–H groups in total. The average Bonchev–Trinajstić information content (AvgIpc) is 2.33. The second-order valence-electron chi connectivity index (χ2n) is 4.18. The SMILES string of the molecule is NC(O)c1cc(F)cc(F)c1OC1CCOCC1. The van der Waals surface area contributed by atoms with E-state index in [1.54, 1.807) is 0 Å². The Morgan fingerprint density at radius 1 is 1.33 bits per heavy atom. The Morgan fingerprint density at radius 2 is 2.00 bits per heavy atom. The lowest BCUT2D eigenvalue weighted by molar-refractivity contribution is 0.0224. The summed E-state index contributed by atoms with van der Waals surface area (Å²) in [6.07, 6.45) is -0.449. The molecule has 2 rings (SSSR count). The van der Waals surface area contributed by atoms with Gasteiger partial charge in [-0.3, -0.25) is 0 Å². The van der Waals surface area contributed by atoms with E-state index in [9.17, 15) is 13.9 Å². The van der Waals surface area contributed by atoms with Gasteiger partial charge in [0.05, 0.1) is 13.2 Å². The van der Waals surface area contributed by atoms with E-state index in [1.165, 1.54) is 0 Å². The van der Waals surface area contributed by atoms with Crippen LogP contribution in [-0.2, 0) is 4.74 Å². The lowest BCUT2D eigenvalue weighted by Crippen LogP contribution is -2.27. The van der Waals surface area contributed by atoms with Gasteiger partial charge < -0.3 is 20.3 Å². The van der Waals surface area contributed by atoms with Gasteiger partial charge in [0.1, 0.15) is 18.1 Å². The summed E-state index contributed by atoms with van der Waals surface area (Å²) < 4.78 is 37.4. The quantitative estimate of drug-likeness (QED) is 0.807. The van der Waals surface area contributed by atoms with Crippen LogP contribution in [0.25, 0.3) is 0 Å². The van der Waals surface area contributed by atoms with Crippen molar-refractivity contribution in [2.45, 2.75) is 25.2 Å². The Morgan fingerprint density at radius 3 is 2.61 bits per heavy atom. The van der Waals surface area contributed by atoms with Crippen molar-refractivity contribution in [3.63, 3.8) is 0 Å². The van der Waals surface area contributed by atoms with Crippen molar-refractivity contribution in [2.75, 3.05) is 13.2 Å². The van der Waals surface area contributed by atoms with Gasteiger partial charge >= 0.3 is 0 Å². The summed E-state index contributed by atoms with van der Waals surface area (Å²) in [4.78, 5) is 0. The Bertz CT molecular complexity index is 420. The molecule has 0 radical (unpaired) electrons. The maximum atomic E-state index is 13.7. The zero-order valence-electron chi connectivity index (χ0n) is 9.73. The zero-order chi connectivity index (χ0) is 13.1. The Labute approximate surface area is 103 Å². The van der Waals surface area contributed by atoms with Crippen LogP contribution >= 0.6 is 0 Å². The van der Waals surface area contributed by atoms with Crippen molar-refractivity contribution in [2.24, 2.45) is 5.73 Å². The third-order valence-electron chi connectivity index (χ3n) is 2.81. The number of ether oxygens (including phenoxy) is 2. The third kappa shape index (κ3) is 2.95. The summed E-state index contributed by atoms with van der Waals surface area (Å²) in [6.45, 7) is 1.07. The minimum atomic E-state index is -1.48. The standard InChI is InChI=1S/C12H15F2NO3/c13-7-5-9(12(15)16)11(10(14)6-7)18-8-1-3-17-4-2-8/h5-6,8,12,16H,1-4,15H2. The first-order valence-electron chi connectivity index (χ1n) is 5.75. The zero-order valence-corrected chi connectivity index (χ0v) is 9.73. The van der Waals surface area contributed by atoms with Gasteiger partial charge in [0.2, 0.25) is 0 Å². The summed E-state index contributed by atoms with van der Waals surface area (Å²) in [5, 5.41) is 9.32. The molecule has 0 amide bonds. The minimum absolute atomic E-state index is 0.0843. The molecule has 6 heteroatoms. The molecule has 1 atom stereocenters. The molecule has 0 aromatic heterocycles. The predicted molar refractivity (Wildman–Crippen MR) is 60.0 cm³/mol. The smallest absolute Gasteiger partial charge is 0.168 e. The molecule has 1 unspecified atom stereocenters. The number of aliphatic hydroxyl groups excluding tert-OH is 1. The summed E-state index contributed by atoms with van der Waals surface area (Å²) in [7, 11) is 0. The molecule has 1 heterocycles. The molecular weight excluding hydrogens is 244 g/mol. The molecular formula is C12H15F2NO3. The third-order valence-corrected chi connectivity index (χ3v) is 2.81. The molecule has 1 aromatic carbocycles. The molecule has 0 aliphatic carbocycles. The van der Waals surface area contributed by atoms with Crippen LogP contribution in [0, 0.1) is 11.6 Å². The fourth-order valence-corrected chi connectivity index (χ4v) is 1.88. The number of hydrogen-bond acceptors (Lipinski definition) is 4. The monoisotopic (exact) mass is 259 g/mol. The van der Waals surface area contributed by atoms with Crippen molar-refractivity contribution in [1.82, 2.24) is 0 Å². The highest BCUT2D eigenvalue weighted by Gasteiger charge is 2.22. The van der Waals surface area contributed by atoms with Crippen LogP contribution in [-0.4, -0.2) is 24.4 Å². The largest absolute Gasteiger partial charge is 0.487 e.